The highest BCUT2D eigenvalue weighted by atomic mass is 35.5. The maximum Gasteiger partial charge on any atom is 0.459 e. The van der Waals surface area contributed by atoms with Gasteiger partial charge in [-0.05, 0) is 42.5 Å². The fraction of sp³-hybridized carbons (Fsp3) is 0.120. The Morgan fingerprint density at radius 1 is 0.950 bits per heavy atom. The molecular formula is C25H14ClF7N6O. The number of amides is 1. The number of rotatable bonds is 6. The van der Waals surface area contributed by atoms with Crippen LogP contribution in [0.1, 0.15) is 21.7 Å². The van der Waals surface area contributed by atoms with Crippen molar-refractivity contribution >= 4 is 29.0 Å². The molecule has 2 aromatic carbocycles. The molecule has 7 nitrogen and oxygen atoms in total. The molecule has 0 radical (unpaired) electrons. The summed E-state index contributed by atoms with van der Waals surface area (Å²) in [6.07, 6.45) is -4.59. The number of carbonyl (C=O) groups is 1. The largest absolute Gasteiger partial charge is 0.459 e. The number of carbonyl (C=O) groups excluding carboxylic acids is 1. The highest BCUT2D eigenvalue weighted by Crippen LogP contribution is 2.44. The van der Waals surface area contributed by atoms with Gasteiger partial charge < -0.3 is 5.32 Å². The van der Waals surface area contributed by atoms with Gasteiger partial charge in [0.05, 0.1) is 12.2 Å². The first-order chi connectivity index (χ1) is 18.8. The number of fused-ring (bicyclic) bond motifs is 1. The lowest BCUT2D eigenvalue weighted by Crippen LogP contribution is -2.36. The molecule has 0 saturated carbocycles. The lowest BCUT2D eigenvalue weighted by atomic mass is 10.1. The summed E-state index contributed by atoms with van der Waals surface area (Å²) < 4.78 is 97.9. The Balaban J connectivity index is 1.48. The number of aromatic nitrogens is 5. The van der Waals surface area contributed by atoms with Gasteiger partial charge in [0.15, 0.2) is 17.2 Å². The fourth-order valence-electron chi connectivity index (χ4n) is 3.77. The summed E-state index contributed by atoms with van der Waals surface area (Å²) in [7, 11) is 0. The van der Waals surface area contributed by atoms with Crippen molar-refractivity contribution in [1.29, 1.82) is 0 Å². The molecule has 3 heterocycles. The summed E-state index contributed by atoms with van der Waals surface area (Å²) in [4.78, 5) is 16.9. The van der Waals surface area contributed by atoms with Gasteiger partial charge >= 0.3 is 12.1 Å². The van der Waals surface area contributed by atoms with Crippen molar-refractivity contribution in [3.63, 3.8) is 0 Å². The van der Waals surface area contributed by atoms with E-state index in [2.05, 4.69) is 20.5 Å². The first-order valence-corrected chi connectivity index (χ1v) is 11.6. The molecule has 0 bridgehead atoms. The first-order valence-electron chi connectivity index (χ1n) is 11.2. The molecule has 15 heteroatoms. The molecule has 0 unspecified atom stereocenters. The first kappa shape index (κ1) is 27.1. The normalized spacial score (nSPS) is 12.2. The van der Waals surface area contributed by atoms with Crippen molar-refractivity contribution in [1.82, 2.24) is 24.4 Å². The van der Waals surface area contributed by atoms with Crippen LogP contribution in [0.3, 0.4) is 0 Å². The van der Waals surface area contributed by atoms with E-state index in [-0.39, 0.29) is 38.7 Å². The second-order valence-corrected chi connectivity index (χ2v) is 8.87. The summed E-state index contributed by atoms with van der Waals surface area (Å²) >= 11 is 6.01. The van der Waals surface area contributed by atoms with E-state index in [4.69, 9.17) is 11.6 Å². The highest BCUT2D eigenvalue weighted by molar-refractivity contribution is 6.31. The third-order valence-electron chi connectivity index (χ3n) is 5.74. The van der Waals surface area contributed by atoms with Crippen LogP contribution in [0.25, 0.3) is 16.9 Å². The quantitative estimate of drug-likeness (QED) is 0.233. The predicted molar refractivity (Wildman–Crippen MR) is 129 cm³/mol. The van der Waals surface area contributed by atoms with Crippen LogP contribution in [0.2, 0.25) is 5.02 Å². The van der Waals surface area contributed by atoms with Gasteiger partial charge in [-0.2, -0.15) is 32.1 Å². The molecule has 5 aromatic rings. The van der Waals surface area contributed by atoms with E-state index in [0.717, 1.165) is 30.3 Å². The molecule has 40 heavy (non-hydrogen) atoms. The number of alkyl halides is 5. The van der Waals surface area contributed by atoms with Gasteiger partial charge in [0.2, 0.25) is 0 Å². The third kappa shape index (κ3) is 5.09. The molecule has 206 valence electrons. The molecule has 0 aliphatic rings. The Labute approximate surface area is 224 Å². The van der Waals surface area contributed by atoms with Crippen molar-refractivity contribution < 1.29 is 35.5 Å². The van der Waals surface area contributed by atoms with Crippen LogP contribution < -0.4 is 5.32 Å². The maximum atomic E-state index is 14.5. The van der Waals surface area contributed by atoms with Crippen LogP contribution in [0, 0.1) is 11.6 Å². The zero-order chi connectivity index (χ0) is 28.8. The van der Waals surface area contributed by atoms with Gasteiger partial charge in [0.25, 0.3) is 5.91 Å². The molecule has 0 atom stereocenters. The summed E-state index contributed by atoms with van der Waals surface area (Å²) in [6, 6.07) is 11.1. The van der Waals surface area contributed by atoms with E-state index < -0.39 is 46.7 Å². The van der Waals surface area contributed by atoms with E-state index >= 15 is 0 Å². The number of anilines is 1. The van der Waals surface area contributed by atoms with Gasteiger partial charge in [0, 0.05) is 34.5 Å². The Kier molecular flexibility index (Phi) is 6.74. The zero-order valence-electron chi connectivity index (χ0n) is 19.7. The van der Waals surface area contributed by atoms with Gasteiger partial charge in [-0.15, -0.1) is 0 Å². The van der Waals surface area contributed by atoms with Crippen LogP contribution in [0.5, 0.6) is 0 Å². The number of benzene rings is 2. The molecule has 0 saturated heterocycles. The highest BCUT2D eigenvalue weighted by Gasteiger charge is 2.60. The molecule has 3 aromatic heterocycles. The van der Waals surface area contributed by atoms with E-state index in [0.29, 0.717) is 6.07 Å². The number of nitrogens with zero attached hydrogens (tertiary/aromatic N) is 5. The van der Waals surface area contributed by atoms with Gasteiger partial charge in [-0.1, -0.05) is 17.7 Å². The van der Waals surface area contributed by atoms with Crippen LogP contribution >= 0.6 is 11.6 Å². The van der Waals surface area contributed by atoms with E-state index in [1.165, 1.54) is 35.1 Å². The molecule has 0 spiro atoms. The molecule has 1 N–H and O–H groups in total. The molecule has 5 rings (SSSR count). The fourth-order valence-corrected chi connectivity index (χ4v) is 3.99. The molecule has 0 aliphatic carbocycles. The summed E-state index contributed by atoms with van der Waals surface area (Å²) in [5.41, 5.74) is -2.78. The summed E-state index contributed by atoms with van der Waals surface area (Å²) in [5.74, 6) is -7.65. The Bertz CT molecular complexity index is 1710. The Hall–Kier alpha value is -4.46. The molecule has 1 amide bonds. The third-order valence-corrected chi connectivity index (χ3v) is 6.10. The van der Waals surface area contributed by atoms with Crippen LogP contribution in [-0.4, -0.2) is 36.5 Å². The van der Waals surface area contributed by atoms with Crippen molar-refractivity contribution in [2.45, 2.75) is 18.6 Å². The Morgan fingerprint density at radius 3 is 2.35 bits per heavy atom. The smallest absolute Gasteiger partial charge is 0.304 e. The Morgan fingerprint density at radius 2 is 1.68 bits per heavy atom. The SMILES string of the molecule is O=C(Nc1ccn(Cc2c(F)cccc2Cl)n1)c1cc2nc(-c3ccc(F)cc3)cc(C(F)(F)C(F)(F)F)n2n1. The molecule has 0 fully saturated rings. The standard InChI is InChI=1S/C25H14ClF7N6O/c26-16-2-1-3-17(28)15(16)12-38-9-8-21(37-38)35-23(40)19-11-22-34-18(13-4-6-14(27)7-5-13)10-20(39(22)36-19)24(29,30)25(31,32)33/h1-11H,12H2,(H,35,37,40). The van der Waals surface area contributed by atoms with E-state index in [9.17, 15) is 35.5 Å². The van der Waals surface area contributed by atoms with Gasteiger partial charge in [0.1, 0.15) is 17.3 Å². The number of hydrogen-bond acceptors (Lipinski definition) is 4. The average Bonchev–Trinajstić information content (AvgIpc) is 3.52. The van der Waals surface area contributed by atoms with Crippen molar-refractivity contribution in [3.05, 3.63) is 100 Å². The van der Waals surface area contributed by atoms with Crippen LogP contribution in [0.15, 0.2) is 66.9 Å². The summed E-state index contributed by atoms with van der Waals surface area (Å²) in [5, 5.41) is 10.2. The predicted octanol–water partition coefficient (Wildman–Crippen LogP) is 6.48. The maximum absolute atomic E-state index is 14.5. The monoisotopic (exact) mass is 582 g/mol. The van der Waals surface area contributed by atoms with Crippen molar-refractivity contribution in [2.75, 3.05) is 5.32 Å². The van der Waals surface area contributed by atoms with Crippen LogP contribution in [-0.2, 0) is 12.5 Å². The van der Waals surface area contributed by atoms with Crippen molar-refractivity contribution in [2.24, 2.45) is 0 Å². The minimum Gasteiger partial charge on any atom is -0.304 e. The second-order valence-electron chi connectivity index (χ2n) is 8.46. The number of hydrogen-bond donors (Lipinski definition) is 1. The number of halogens is 8. The average molecular weight is 583 g/mol. The number of nitrogens with one attached hydrogen (secondary N) is 1. The second kappa shape index (κ2) is 9.93. The lowest BCUT2D eigenvalue weighted by Gasteiger charge is -2.21. The van der Waals surface area contributed by atoms with Gasteiger partial charge in [-0.25, -0.2) is 18.3 Å². The topological polar surface area (TPSA) is 77.1 Å². The molecule has 0 aliphatic heterocycles. The van der Waals surface area contributed by atoms with Gasteiger partial charge in [-0.3, -0.25) is 9.48 Å². The zero-order valence-corrected chi connectivity index (χ0v) is 20.5. The van der Waals surface area contributed by atoms with Crippen LogP contribution in [0.4, 0.5) is 36.6 Å². The van der Waals surface area contributed by atoms with E-state index in [1.54, 1.807) is 0 Å². The summed E-state index contributed by atoms with van der Waals surface area (Å²) in [6.45, 7) is -0.0816. The molecular weight excluding hydrogens is 569 g/mol. The van der Waals surface area contributed by atoms with E-state index in [1.807, 2.05) is 0 Å². The minimum atomic E-state index is -6.00. The lowest BCUT2D eigenvalue weighted by molar-refractivity contribution is -0.291. The van der Waals surface area contributed by atoms with Crippen molar-refractivity contribution in [3.8, 4) is 11.3 Å². The minimum absolute atomic E-state index is 0.0460.